The number of nitrogens with one attached hydrogen (secondary N) is 1. The summed E-state index contributed by atoms with van der Waals surface area (Å²) in [5.74, 6) is -0.364. The van der Waals surface area contributed by atoms with Gasteiger partial charge in [0.25, 0.3) is 0 Å². The number of thiazole rings is 1. The number of carbonyl (C=O) groups excluding carboxylic acids is 1. The van der Waals surface area contributed by atoms with Crippen LogP contribution < -0.4 is 14.8 Å². The molecule has 0 bridgehead atoms. The Morgan fingerprint density at radius 2 is 2.05 bits per heavy atom. The maximum absolute atomic E-state index is 15.0. The maximum atomic E-state index is 15.0. The van der Waals surface area contributed by atoms with Crippen molar-refractivity contribution in [3.8, 4) is 22.2 Å². The zero-order chi connectivity index (χ0) is 26.6. The summed E-state index contributed by atoms with van der Waals surface area (Å²) in [5, 5.41) is 3.03. The van der Waals surface area contributed by atoms with Crippen molar-refractivity contribution in [2.24, 2.45) is 0 Å². The molecule has 3 aromatic heterocycles. The van der Waals surface area contributed by atoms with E-state index < -0.39 is 11.9 Å². The number of alkyl carbamates (subject to hydrolysis) is 1. The highest BCUT2D eigenvalue weighted by atomic mass is 35.5. The van der Waals surface area contributed by atoms with Gasteiger partial charge < -0.3 is 19.5 Å². The van der Waals surface area contributed by atoms with Crippen LogP contribution in [0, 0.1) is 12.7 Å². The molecule has 0 atom stereocenters. The Hall–Kier alpha value is -4.09. The number of benzene rings is 2. The van der Waals surface area contributed by atoms with E-state index in [-0.39, 0.29) is 30.5 Å². The van der Waals surface area contributed by atoms with Crippen LogP contribution in [0.15, 0.2) is 48.9 Å². The first-order valence-corrected chi connectivity index (χ1v) is 12.6. The van der Waals surface area contributed by atoms with Crippen LogP contribution in [-0.2, 0) is 11.3 Å². The van der Waals surface area contributed by atoms with Gasteiger partial charge in [0.1, 0.15) is 28.8 Å². The molecule has 0 unspecified atom stereocenters. The number of fused-ring (bicyclic) bond motifs is 2. The number of rotatable bonds is 8. The van der Waals surface area contributed by atoms with Gasteiger partial charge in [-0.2, -0.15) is 0 Å². The standard InChI is InChI=1S/C26H21ClFN5O4S/c1-14-8-16(23-17(9-14)32-20(35-2)12-31-23)25-33-24-19(38-25)10-18(22(28)21(24)27)36-7-6-30-26(34)37-13-15-4-3-5-29-11-15/h3-5,8-12H,6-7,13H2,1-2H3,(H,30,34). The van der Waals surface area contributed by atoms with Crippen molar-refractivity contribution in [2.75, 3.05) is 20.3 Å². The van der Waals surface area contributed by atoms with Gasteiger partial charge in [-0.25, -0.2) is 24.1 Å². The second-order valence-corrected chi connectivity index (χ2v) is 9.58. The number of amides is 1. The molecular formula is C26H21ClFN5O4S. The molecule has 0 aliphatic heterocycles. The molecule has 0 saturated carbocycles. The lowest BCUT2D eigenvalue weighted by Crippen LogP contribution is -2.28. The van der Waals surface area contributed by atoms with Crippen molar-refractivity contribution in [3.63, 3.8) is 0 Å². The minimum absolute atomic E-state index is 0.00630. The first kappa shape index (κ1) is 25.6. The zero-order valence-corrected chi connectivity index (χ0v) is 21.9. The quantitative estimate of drug-likeness (QED) is 0.243. The molecule has 9 nitrogen and oxygen atoms in total. The molecule has 0 fully saturated rings. The number of halogens is 2. The lowest BCUT2D eigenvalue weighted by atomic mass is 10.1. The summed E-state index contributed by atoms with van der Waals surface area (Å²) in [6.07, 6.45) is 4.16. The second-order valence-electron chi connectivity index (χ2n) is 8.17. The number of aromatic nitrogens is 4. The van der Waals surface area contributed by atoms with Crippen LogP contribution in [0.4, 0.5) is 9.18 Å². The van der Waals surface area contributed by atoms with Gasteiger partial charge >= 0.3 is 6.09 Å². The molecule has 194 valence electrons. The second kappa shape index (κ2) is 11.1. The van der Waals surface area contributed by atoms with E-state index >= 15 is 0 Å². The molecule has 12 heteroatoms. The number of hydrogen-bond acceptors (Lipinski definition) is 9. The van der Waals surface area contributed by atoms with Crippen LogP contribution >= 0.6 is 22.9 Å². The third-order valence-corrected chi connectivity index (χ3v) is 6.84. The van der Waals surface area contributed by atoms with E-state index in [2.05, 4.69) is 25.3 Å². The zero-order valence-electron chi connectivity index (χ0n) is 20.3. The summed E-state index contributed by atoms with van der Waals surface area (Å²) in [4.78, 5) is 29.4. The summed E-state index contributed by atoms with van der Waals surface area (Å²) in [6, 6.07) is 8.94. The third kappa shape index (κ3) is 5.43. The number of carbonyl (C=O) groups is 1. The average Bonchev–Trinajstić information content (AvgIpc) is 3.36. The molecule has 5 rings (SSSR count). The Bertz CT molecular complexity index is 1630. The minimum Gasteiger partial charge on any atom is -0.489 e. The van der Waals surface area contributed by atoms with Crippen molar-refractivity contribution in [3.05, 3.63) is 70.9 Å². The molecule has 38 heavy (non-hydrogen) atoms. The van der Waals surface area contributed by atoms with Crippen LogP contribution in [0.3, 0.4) is 0 Å². The van der Waals surface area contributed by atoms with Crippen LogP contribution in [0.1, 0.15) is 11.1 Å². The van der Waals surface area contributed by atoms with Gasteiger partial charge in [0.15, 0.2) is 11.6 Å². The summed E-state index contributed by atoms with van der Waals surface area (Å²) in [6.45, 7) is 2.14. The third-order valence-electron chi connectivity index (χ3n) is 5.46. The number of hydrogen-bond donors (Lipinski definition) is 1. The van der Waals surface area contributed by atoms with Gasteiger partial charge in [-0.05, 0) is 30.7 Å². The summed E-state index contributed by atoms with van der Waals surface area (Å²) >= 11 is 7.67. The van der Waals surface area contributed by atoms with Gasteiger partial charge in [0, 0.05) is 29.6 Å². The molecule has 0 radical (unpaired) electrons. The van der Waals surface area contributed by atoms with Crippen molar-refractivity contribution in [2.45, 2.75) is 13.5 Å². The Kier molecular flexibility index (Phi) is 7.47. The van der Waals surface area contributed by atoms with Gasteiger partial charge in [-0.15, -0.1) is 11.3 Å². The molecule has 0 saturated heterocycles. The Morgan fingerprint density at radius 1 is 1.18 bits per heavy atom. The van der Waals surface area contributed by atoms with E-state index in [1.165, 1.54) is 24.6 Å². The highest BCUT2D eigenvalue weighted by molar-refractivity contribution is 7.21. The maximum Gasteiger partial charge on any atom is 0.407 e. The van der Waals surface area contributed by atoms with Crippen molar-refractivity contribution in [1.29, 1.82) is 0 Å². The molecule has 3 heterocycles. The van der Waals surface area contributed by atoms with E-state index in [9.17, 15) is 9.18 Å². The molecule has 5 aromatic rings. The summed E-state index contributed by atoms with van der Waals surface area (Å²) in [5.41, 5.74) is 4.10. The van der Waals surface area contributed by atoms with E-state index in [1.54, 1.807) is 30.6 Å². The van der Waals surface area contributed by atoms with E-state index in [4.69, 9.17) is 25.8 Å². The molecule has 1 N–H and O–H groups in total. The fraction of sp³-hybridized carbons (Fsp3) is 0.192. The Labute approximate surface area is 225 Å². The Morgan fingerprint density at radius 3 is 2.84 bits per heavy atom. The first-order chi connectivity index (χ1) is 18.4. The summed E-state index contributed by atoms with van der Waals surface area (Å²) in [7, 11) is 1.53. The number of nitrogens with zero attached hydrogens (tertiary/aromatic N) is 4. The van der Waals surface area contributed by atoms with Gasteiger partial charge in [-0.3, -0.25) is 4.98 Å². The number of aryl methyl sites for hydroxylation is 1. The van der Waals surface area contributed by atoms with Gasteiger partial charge in [-0.1, -0.05) is 17.7 Å². The molecule has 0 aliphatic carbocycles. The predicted molar refractivity (Wildman–Crippen MR) is 142 cm³/mol. The molecular weight excluding hydrogens is 533 g/mol. The SMILES string of the molecule is COc1cnc2c(-c3nc4c(Cl)c(F)c(OCCNC(=O)OCc5cccnc5)cc4s3)cc(C)cc2n1. The number of ether oxygens (including phenoxy) is 3. The highest BCUT2D eigenvalue weighted by Crippen LogP contribution is 2.40. The number of pyridine rings is 1. The van der Waals surface area contributed by atoms with Crippen LogP contribution in [0.2, 0.25) is 5.02 Å². The normalized spacial score (nSPS) is 11.1. The largest absolute Gasteiger partial charge is 0.489 e. The average molecular weight is 554 g/mol. The van der Waals surface area contributed by atoms with E-state index in [0.29, 0.717) is 32.1 Å². The molecule has 0 spiro atoms. The topological polar surface area (TPSA) is 108 Å². The Balaban J connectivity index is 1.30. The van der Waals surface area contributed by atoms with Crippen LogP contribution in [-0.4, -0.2) is 46.3 Å². The van der Waals surface area contributed by atoms with Gasteiger partial charge in [0.2, 0.25) is 5.88 Å². The molecule has 0 aliphatic rings. The summed E-state index contributed by atoms with van der Waals surface area (Å²) < 4.78 is 31.5. The molecule has 2 aromatic carbocycles. The first-order valence-electron chi connectivity index (χ1n) is 11.5. The predicted octanol–water partition coefficient (Wildman–Crippen LogP) is 5.72. The van der Waals surface area contributed by atoms with Crippen LogP contribution in [0.5, 0.6) is 11.6 Å². The highest BCUT2D eigenvalue weighted by Gasteiger charge is 2.20. The molecule has 1 amide bonds. The van der Waals surface area contributed by atoms with Crippen molar-refractivity contribution < 1.29 is 23.4 Å². The van der Waals surface area contributed by atoms with Gasteiger partial charge in [0.05, 0.1) is 35.6 Å². The van der Waals surface area contributed by atoms with Crippen molar-refractivity contribution in [1.82, 2.24) is 25.3 Å². The van der Waals surface area contributed by atoms with E-state index in [1.807, 2.05) is 19.1 Å². The smallest absolute Gasteiger partial charge is 0.407 e. The minimum atomic E-state index is -0.728. The monoisotopic (exact) mass is 553 g/mol. The van der Waals surface area contributed by atoms with Crippen LogP contribution in [0.25, 0.3) is 31.8 Å². The lowest BCUT2D eigenvalue weighted by molar-refractivity contribution is 0.137. The van der Waals surface area contributed by atoms with Crippen molar-refractivity contribution >= 4 is 50.3 Å². The fourth-order valence-electron chi connectivity index (χ4n) is 3.71. The van der Waals surface area contributed by atoms with E-state index in [0.717, 1.165) is 16.7 Å². The lowest BCUT2D eigenvalue weighted by Gasteiger charge is -2.10. The fourth-order valence-corrected chi connectivity index (χ4v) is 5.02. The number of methoxy groups -OCH3 is 1.